The standard InChI is InChI=1S/C11H5F4N3/c12-8-3-7(6-16)4-9(5-8)18-2-1-10(17-18)11(13,14)15/h1-5H. The first-order valence-corrected chi connectivity index (χ1v) is 4.74. The minimum absolute atomic E-state index is 0.00839. The lowest BCUT2D eigenvalue weighted by Crippen LogP contribution is -2.07. The molecule has 1 heterocycles. The molecule has 0 aliphatic carbocycles. The molecular weight excluding hydrogens is 250 g/mol. The molecule has 0 saturated carbocycles. The SMILES string of the molecule is N#Cc1cc(F)cc(-n2ccc(C(F)(F)F)n2)c1. The van der Waals surface area contributed by atoms with E-state index in [4.69, 9.17) is 5.26 Å². The van der Waals surface area contributed by atoms with Crippen LogP contribution in [0.3, 0.4) is 0 Å². The third-order valence-corrected chi connectivity index (χ3v) is 2.16. The second kappa shape index (κ2) is 4.14. The van der Waals surface area contributed by atoms with Crippen molar-refractivity contribution in [2.24, 2.45) is 0 Å². The lowest BCUT2D eigenvalue weighted by Gasteiger charge is -2.03. The van der Waals surface area contributed by atoms with Crippen LogP contribution in [0.4, 0.5) is 17.6 Å². The Balaban J connectivity index is 2.47. The highest BCUT2D eigenvalue weighted by atomic mass is 19.4. The molecule has 2 aromatic rings. The van der Waals surface area contributed by atoms with Gasteiger partial charge < -0.3 is 0 Å². The fraction of sp³-hybridized carbons (Fsp3) is 0.0909. The average Bonchev–Trinajstić information content (AvgIpc) is 2.77. The van der Waals surface area contributed by atoms with E-state index in [1.165, 1.54) is 6.07 Å². The third-order valence-electron chi connectivity index (χ3n) is 2.16. The fourth-order valence-corrected chi connectivity index (χ4v) is 1.39. The molecule has 0 amide bonds. The Morgan fingerprint density at radius 1 is 1.22 bits per heavy atom. The molecule has 92 valence electrons. The Hall–Kier alpha value is -2.36. The van der Waals surface area contributed by atoms with E-state index in [2.05, 4.69) is 5.10 Å². The summed E-state index contributed by atoms with van der Waals surface area (Å²) in [6.45, 7) is 0. The third kappa shape index (κ3) is 2.32. The molecule has 3 nitrogen and oxygen atoms in total. The number of nitriles is 1. The fourth-order valence-electron chi connectivity index (χ4n) is 1.39. The van der Waals surface area contributed by atoms with Crippen LogP contribution >= 0.6 is 0 Å². The summed E-state index contributed by atoms with van der Waals surface area (Å²) >= 11 is 0. The van der Waals surface area contributed by atoms with Crippen LogP contribution in [0.25, 0.3) is 5.69 Å². The minimum Gasteiger partial charge on any atom is -0.240 e. The lowest BCUT2D eigenvalue weighted by atomic mass is 10.2. The van der Waals surface area contributed by atoms with Gasteiger partial charge in [-0.25, -0.2) is 9.07 Å². The van der Waals surface area contributed by atoms with Crippen molar-refractivity contribution < 1.29 is 17.6 Å². The van der Waals surface area contributed by atoms with E-state index in [0.29, 0.717) is 0 Å². The van der Waals surface area contributed by atoms with Gasteiger partial charge in [-0.05, 0) is 24.3 Å². The predicted molar refractivity (Wildman–Crippen MR) is 53.2 cm³/mol. The number of alkyl halides is 3. The summed E-state index contributed by atoms with van der Waals surface area (Å²) in [6, 6.07) is 5.71. The van der Waals surface area contributed by atoms with E-state index in [-0.39, 0.29) is 11.3 Å². The van der Waals surface area contributed by atoms with Gasteiger partial charge in [0.25, 0.3) is 0 Å². The van der Waals surface area contributed by atoms with Gasteiger partial charge in [-0.3, -0.25) is 0 Å². The van der Waals surface area contributed by atoms with Crippen molar-refractivity contribution in [3.8, 4) is 11.8 Å². The van der Waals surface area contributed by atoms with Crippen molar-refractivity contribution in [2.75, 3.05) is 0 Å². The number of benzene rings is 1. The van der Waals surface area contributed by atoms with Gasteiger partial charge in [0.15, 0.2) is 5.69 Å². The summed E-state index contributed by atoms with van der Waals surface area (Å²) in [5, 5.41) is 11.9. The van der Waals surface area contributed by atoms with Crippen molar-refractivity contribution >= 4 is 0 Å². The van der Waals surface area contributed by atoms with Gasteiger partial charge in [-0.2, -0.15) is 23.5 Å². The van der Waals surface area contributed by atoms with Crippen molar-refractivity contribution in [3.63, 3.8) is 0 Å². The summed E-state index contributed by atoms with van der Waals surface area (Å²) in [5.41, 5.74) is -1.01. The molecule has 1 aromatic heterocycles. The molecule has 0 unspecified atom stereocenters. The van der Waals surface area contributed by atoms with Gasteiger partial charge >= 0.3 is 6.18 Å². The van der Waals surface area contributed by atoms with E-state index >= 15 is 0 Å². The molecule has 0 spiro atoms. The zero-order valence-corrected chi connectivity index (χ0v) is 8.74. The van der Waals surface area contributed by atoms with Gasteiger partial charge in [0.1, 0.15) is 5.82 Å². The lowest BCUT2D eigenvalue weighted by molar-refractivity contribution is -0.141. The summed E-state index contributed by atoms with van der Waals surface area (Å²) in [7, 11) is 0. The van der Waals surface area contributed by atoms with E-state index in [0.717, 1.165) is 29.1 Å². The number of hydrogen-bond acceptors (Lipinski definition) is 2. The summed E-state index contributed by atoms with van der Waals surface area (Å²) in [6.07, 6.45) is -3.50. The molecule has 18 heavy (non-hydrogen) atoms. The maximum atomic E-state index is 13.1. The normalized spacial score (nSPS) is 11.3. The monoisotopic (exact) mass is 255 g/mol. The van der Waals surface area contributed by atoms with Crippen LogP contribution in [-0.2, 0) is 6.18 Å². The van der Waals surface area contributed by atoms with Crippen LogP contribution in [0.2, 0.25) is 0 Å². The molecule has 7 heteroatoms. The van der Waals surface area contributed by atoms with Crippen molar-refractivity contribution in [1.82, 2.24) is 9.78 Å². The molecule has 0 radical (unpaired) electrons. The highest BCUT2D eigenvalue weighted by Gasteiger charge is 2.33. The Bertz CT molecular complexity index is 622. The van der Waals surface area contributed by atoms with Crippen molar-refractivity contribution in [1.29, 1.82) is 5.26 Å². The van der Waals surface area contributed by atoms with Crippen LogP contribution in [0.5, 0.6) is 0 Å². The van der Waals surface area contributed by atoms with Crippen LogP contribution < -0.4 is 0 Å². The Morgan fingerprint density at radius 2 is 1.94 bits per heavy atom. The van der Waals surface area contributed by atoms with E-state index in [1.54, 1.807) is 6.07 Å². The maximum absolute atomic E-state index is 13.1. The molecule has 0 aliphatic rings. The van der Waals surface area contributed by atoms with Crippen LogP contribution in [0.15, 0.2) is 30.5 Å². The molecule has 0 atom stereocenters. The number of rotatable bonds is 1. The number of halogens is 4. The maximum Gasteiger partial charge on any atom is 0.435 e. The zero-order chi connectivity index (χ0) is 13.3. The highest BCUT2D eigenvalue weighted by Crippen LogP contribution is 2.28. The van der Waals surface area contributed by atoms with E-state index < -0.39 is 17.7 Å². The van der Waals surface area contributed by atoms with Crippen LogP contribution in [0.1, 0.15) is 11.3 Å². The Kier molecular flexibility index (Phi) is 2.79. The highest BCUT2D eigenvalue weighted by molar-refractivity contribution is 5.41. The summed E-state index contributed by atoms with van der Waals surface area (Å²) < 4.78 is 51.0. The average molecular weight is 255 g/mol. The second-order valence-electron chi connectivity index (χ2n) is 3.45. The molecular formula is C11H5F4N3. The van der Waals surface area contributed by atoms with Gasteiger partial charge in [0.05, 0.1) is 17.3 Å². The second-order valence-corrected chi connectivity index (χ2v) is 3.45. The summed E-state index contributed by atoms with van der Waals surface area (Å²) in [5.74, 6) is -0.715. The first kappa shape index (κ1) is 12.1. The van der Waals surface area contributed by atoms with Gasteiger partial charge in [-0.1, -0.05) is 0 Å². The number of nitrogens with zero attached hydrogens (tertiary/aromatic N) is 3. The quantitative estimate of drug-likeness (QED) is 0.735. The summed E-state index contributed by atoms with van der Waals surface area (Å²) in [4.78, 5) is 0. The molecule has 2 rings (SSSR count). The molecule has 0 saturated heterocycles. The van der Waals surface area contributed by atoms with Gasteiger partial charge in [0.2, 0.25) is 0 Å². The topological polar surface area (TPSA) is 41.6 Å². The smallest absolute Gasteiger partial charge is 0.240 e. The van der Waals surface area contributed by atoms with Crippen molar-refractivity contribution in [2.45, 2.75) is 6.18 Å². The number of aromatic nitrogens is 2. The molecule has 0 bridgehead atoms. The number of hydrogen-bond donors (Lipinski definition) is 0. The predicted octanol–water partition coefficient (Wildman–Crippen LogP) is 2.90. The van der Waals surface area contributed by atoms with Crippen molar-refractivity contribution in [3.05, 3.63) is 47.5 Å². The zero-order valence-electron chi connectivity index (χ0n) is 8.74. The Labute approximate surface area is 98.9 Å². The first-order chi connectivity index (χ1) is 8.40. The van der Waals surface area contributed by atoms with Gasteiger partial charge in [0, 0.05) is 6.20 Å². The van der Waals surface area contributed by atoms with Crippen LogP contribution in [0, 0.1) is 17.1 Å². The molecule has 0 N–H and O–H groups in total. The van der Waals surface area contributed by atoms with Gasteiger partial charge in [-0.15, -0.1) is 0 Å². The molecule has 0 aliphatic heterocycles. The minimum atomic E-state index is -4.56. The molecule has 0 fully saturated rings. The Morgan fingerprint density at radius 3 is 2.50 bits per heavy atom. The first-order valence-electron chi connectivity index (χ1n) is 4.74. The molecule has 1 aromatic carbocycles. The van der Waals surface area contributed by atoms with E-state index in [9.17, 15) is 17.6 Å². The van der Waals surface area contributed by atoms with Crippen LogP contribution in [-0.4, -0.2) is 9.78 Å². The largest absolute Gasteiger partial charge is 0.435 e. The van der Waals surface area contributed by atoms with E-state index in [1.807, 2.05) is 0 Å².